The predicted octanol–water partition coefficient (Wildman–Crippen LogP) is -0.0847. The van der Waals surface area contributed by atoms with Crippen molar-refractivity contribution in [3.8, 4) is 0 Å². The molecule has 3 rings (SSSR count). The van der Waals surface area contributed by atoms with Crippen LogP contribution in [0.5, 0.6) is 0 Å². The summed E-state index contributed by atoms with van der Waals surface area (Å²) in [4.78, 5) is 29.4. The Morgan fingerprint density at radius 3 is 2.52 bits per heavy atom. The molecule has 0 bridgehead atoms. The maximum Gasteiger partial charge on any atom is 0.273 e. The lowest BCUT2D eigenvalue weighted by Gasteiger charge is -2.34. The van der Waals surface area contributed by atoms with Crippen LogP contribution in [0, 0.1) is 0 Å². The number of aromatic amines is 1. The standard InChI is InChI=1S/C18H27N5O2/c1-14(13-22-11-9-21(2)10-12-22)19-7-8-23-18(25)16-6-4-3-5-15(16)17(24)20-23/h3-6,14,19H,7-13H2,1-2H3,(H,20,24). The van der Waals surface area contributed by atoms with E-state index >= 15 is 0 Å². The molecule has 7 heteroatoms. The van der Waals surface area contributed by atoms with Crippen molar-refractivity contribution >= 4 is 10.8 Å². The highest BCUT2D eigenvalue weighted by atomic mass is 16.2. The fraction of sp³-hybridized carbons (Fsp3) is 0.556. The monoisotopic (exact) mass is 345 g/mol. The zero-order chi connectivity index (χ0) is 17.8. The second-order valence-corrected chi connectivity index (χ2v) is 6.90. The smallest absolute Gasteiger partial charge is 0.273 e. The van der Waals surface area contributed by atoms with Crippen LogP contribution in [0.4, 0.5) is 0 Å². The topological polar surface area (TPSA) is 73.4 Å². The molecule has 2 aromatic rings. The van der Waals surface area contributed by atoms with Crippen molar-refractivity contribution in [3.05, 3.63) is 45.0 Å². The fourth-order valence-electron chi connectivity index (χ4n) is 3.31. The molecule has 1 atom stereocenters. The summed E-state index contributed by atoms with van der Waals surface area (Å²) in [5.74, 6) is 0. The van der Waals surface area contributed by atoms with Crippen molar-refractivity contribution in [1.82, 2.24) is 24.9 Å². The van der Waals surface area contributed by atoms with Gasteiger partial charge in [-0.25, -0.2) is 4.68 Å². The van der Waals surface area contributed by atoms with Crippen molar-refractivity contribution in [1.29, 1.82) is 0 Å². The van der Waals surface area contributed by atoms with Crippen LogP contribution < -0.4 is 16.4 Å². The van der Waals surface area contributed by atoms with Gasteiger partial charge in [0.25, 0.3) is 11.1 Å². The first-order chi connectivity index (χ1) is 12.0. The number of likely N-dealkylation sites (N-methyl/N-ethyl adjacent to an activating group) is 1. The molecule has 25 heavy (non-hydrogen) atoms. The number of nitrogens with zero attached hydrogens (tertiary/aromatic N) is 3. The highest BCUT2D eigenvalue weighted by Gasteiger charge is 2.15. The minimum atomic E-state index is -0.222. The second-order valence-electron chi connectivity index (χ2n) is 6.90. The molecular weight excluding hydrogens is 318 g/mol. The van der Waals surface area contributed by atoms with Crippen LogP contribution in [-0.4, -0.2) is 71.9 Å². The van der Waals surface area contributed by atoms with Gasteiger partial charge in [-0.1, -0.05) is 12.1 Å². The van der Waals surface area contributed by atoms with Crippen molar-refractivity contribution in [2.24, 2.45) is 0 Å². The number of aromatic nitrogens is 2. The molecule has 0 amide bonds. The van der Waals surface area contributed by atoms with E-state index < -0.39 is 0 Å². The zero-order valence-corrected chi connectivity index (χ0v) is 15.0. The molecule has 1 aromatic heterocycles. The van der Waals surface area contributed by atoms with Gasteiger partial charge in [0, 0.05) is 45.3 Å². The number of benzene rings is 1. The van der Waals surface area contributed by atoms with Crippen LogP contribution in [0.15, 0.2) is 33.9 Å². The molecule has 1 saturated heterocycles. The average molecular weight is 345 g/mol. The summed E-state index contributed by atoms with van der Waals surface area (Å²) in [5, 5.41) is 7.03. The fourth-order valence-corrected chi connectivity index (χ4v) is 3.31. The van der Waals surface area contributed by atoms with Gasteiger partial charge in [-0.15, -0.1) is 0 Å². The molecule has 1 unspecified atom stereocenters. The lowest BCUT2D eigenvalue weighted by atomic mass is 10.2. The van der Waals surface area contributed by atoms with E-state index in [2.05, 4.69) is 34.2 Å². The minimum absolute atomic E-state index is 0.149. The van der Waals surface area contributed by atoms with Crippen LogP contribution in [0.25, 0.3) is 10.8 Å². The first-order valence-corrected chi connectivity index (χ1v) is 8.91. The number of hydrogen-bond acceptors (Lipinski definition) is 5. The van der Waals surface area contributed by atoms with Gasteiger partial charge in [0.1, 0.15) is 0 Å². The minimum Gasteiger partial charge on any atom is -0.311 e. The Labute approximate surface area is 147 Å². The van der Waals surface area contributed by atoms with Crippen LogP contribution in [-0.2, 0) is 6.54 Å². The highest BCUT2D eigenvalue weighted by Crippen LogP contribution is 2.02. The van der Waals surface area contributed by atoms with E-state index in [1.54, 1.807) is 24.3 Å². The molecule has 2 heterocycles. The van der Waals surface area contributed by atoms with Crippen molar-refractivity contribution < 1.29 is 0 Å². The van der Waals surface area contributed by atoms with E-state index in [0.717, 1.165) is 32.7 Å². The number of rotatable bonds is 6. The maximum absolute atomic E-state index is 12.5. The second kappa shape index (κ2) is 7.95. The van der Waals surface area contributed by atoms with Crippen LogP contribution >= 0.6 is 0 Å². The van der Waals surface area contributed by atoms with Gasteiger partial charge in [0.2, 0.25) is 0 Å². The van der Waals surface area contributed by atoms with Gasteiger partial charge in [-0.05, 0) is 26.1 Å². The summed E-state index contributed by atoms with van der Waals surface area (Å²) in [6, 6.07) is 7.27. The van der Waals surface area contributed by atoms with E-state index in [1.807, 2.05) is 0 Å². The van der Waals surface area contributed by atoms with E-state index in [0.29, 0.717) is 29.9 Å². The summed E-state index contributed by atoms with van der Waals surface area (Å²) in [7, 11) is 2.15. The van der Waals surface area contributed by atoms with Crippen LogP contribution in [0.3, 0.4) is 0 Å². The summed E-state index contributed by atoms with van der Waals surface area (Å²) in [6.45, 7) is 8.66. The molecule has 0 saturated carbocycles. The van der Waals surface area contributed by atoms with E-state index in [9.17, 15) is 9.59 Å². The number of hydrogen-bond donors (Lipinski definition) is 2. The Bertz CT molecular complexity index is 820. The molecule has 1 aliphatic heterocycles. The number of nitrogens with one attached hydrogen (secondary N) is 2. The Morgan fingerprint density at radius 2 is 1.80 bits per heavy atom. The zero-order valence-electron chi connectivity index (χ0n) is 15.0. The molecule has 7 nitrogen and oxygen atoms in total. The summed E-state index contributed by atoms with van der Waals surface area (Å²) < 4.78 is 1.40. The van der Waals surface area contributed by atoms with Crippen molar-refractivity contribution in [3.63, 3.8) is 0 Å². The molecule has 0 radical (unpaired) electrons. The third kappa shape index (κ3) is 4.36. The summed E-state index contributed by atoms with van der Waals surface area (Å²) in [6.07, 6.45) is 0. The normalized spacial score (nSPS) is 17.8. The van der Waals surface area contributed by atoms with Crippen LogP contribution in [0.1, 0.15) is 6.92 Å². The van der Waals surface area contributed by atoms with E-state index in [4.69, 9.17) is 0 Å². The molecule has 1 aliphatic rings. The van der Waals surface area contributed by atoms with Gasteiger partial charge in [0.05, 0.1) is 17.3 Å². The first kappa shape index (κ1) is 17.8. The van der Waals surface area contributed by atoms with Gasteiger partial charge < -0.3 is 10.2 Å². The van der Waals surface area contributed by atoms with Gasteiger partial charge in [-0.3, -0.25) is 19.6 Å². The number of piperazine rings is 1. The van der Waals surface area contributed by atoms with Crippen molar-refractivity contribution in [2.75, 3.05) is 46.3 Å². The molecule has 136 valence electrons. The molecule has 1 fully saturated rings. The van der Waals surface area contributed by atoms with E-state index in [-0.39, 0.29) is 11.1 Å². The Morgan fingerprint density at radius 1 is 1.12 bits per heavy atom. The Hall–Kier alpha value is -1.96. The quantitative estimate of drug-likeness (QED) is 0.766. The maximum atomic E-state index is 12.5. The SMILES string of the molecule is CC(CN1CCN(C)CC1)NCCn1[nH]c(=O)c2ccccc2c1=O. The third-order valence-electron chi connectivity index (χ3n) is 4.84. The average Bonchev–Trinajstić information content (AvgIpc) is 2.61. The van der Waals surface area contributed by atoms with E-state index in [1.165, 1.54) is 4.68 Å². The number of fused-ring (bicyclic) bond motifs is 1. The molecular formula is C18H27N5O2. The molecule has 2 N–H and O–H groups in total. The molecule has 0 aliphatic carbocycles. The molecule has 0 spiro atoms. The van der Waals surface area contributed by atoms with Gasteiger partial charge >= 0.3 is 0 Å². The highest BCUT2D eigenvalue weighted by molar-refractivity contribution is 5.80. The van der Waals surface area contributed by atoms with Gasteiger partial charge in [0.15, 0.2) is 0 Å². The van der Waals surface area contributed by atoms with Gasteiger partial charge in [-0.2, -0.15) is 0 Å². The Balaban J connectivity index is 1.55. The number of H-pyrrole nitrogens is 1. The third-order valence-corrected chi connectivity index (χ3v) is 4.84. The summed E-state index contributed by atoms with van der Waals surface area (Å²) >= 11 is 0. The van der Waals surface area contributed by atoms with Crippen LogP contribution in [0.2, 0.25) is 0 Å². The lowest BCUT2D eigenvalue weighted by molar-refractivity contribution is 0.144. The lowest BCUT2D eigenvalue weighted by Crippen LogP contribution is -2.49. The largest absolute Gasteiger partial charge is 0.311 e. The first-order valence-electron chi connectivity index (χ1n) is 8.91. The summed E-state index contributed by atoms with van der Waals surface area (Å²) in [5.41, 5.74) is -0.371. The van der Waals surface area contributed by atoms with Crippen molar-refractivity contribution in [2.45, 2.75) is 19.5 Å². The predicted molar refractivity (Wildman–Crippen MR) is 100 cm³/mol. The Kier molecular flexibility index (Phi) is 5.67. The molecule has 1 aromatic carbocycles.